The molecule has 1 aliphatic heterocycles. The number of likely N-dealkylation sites (tertiary alicyclic amines) is 1. The zero-order chi connectivity index (χ0) is 14.8. The SMILES string of the molecule is CC(=O)c1ccc(C(=O)N2CCC(N)(CO)CC2)cc1. The first-order chi connectivity index (χ1) is 9.45. The van der Waals surface area contributed by atoms with E-state index in [-0.39, 0.29) is 18.3 Å². The van der Waals surface area contributed by atoms with Gasteiger partial charge < -0.3 is 15.7 Å². The van der Waals surface area contributed by atoms with Gasteiger partial charge in [0.05, 0.1) is 6.61 Å². The topological polar surface area (TPSA) is 83.6 Å². The van der Waals surface area contributed by atoms with Crippen LogP contribution in [0.2, 0.25) is 0 Å². The van der Waals surface area contributed by atoms with Gasteiger partial charge in [0.25, 0.3) is 5.91 Å². The Balaban J connectivity index is 2.03. The van der Waals surface area contributed by atoms with E-state index in [1.807, 2.05) is 0 Å². The maximum Gasteiger partial charge on any atom is 0.253 e. The Morgan fingerprint density at radius 1 is 1.20 bits per heavy atom. The molecule has 1 saturated heterocycles. The summed E-state index contributed by atoms with van der Waals surface area (Å²) in [5.41, 5.74) is 6.60. The molecule has 5 nitrogen and oxygen atoms in total. The van der Waals surface area contributed by atoms with Gasteiger partial charge in [-0.2, -0.15) is 0 Å². The van der Waals surface area contributed by atoms with Crippen molar-refractivity contribution in [1.29, 1.82) is 0 Å². The van der Waals surface area contributed by atoms with Gasteiger partial charge in [-0.15, -0.1) is 0 Å². The molecule has 1 aromatic carbocycles. The highest BCUT2D eigenvalue weighted by atomic mass is 16.3. The first kappa shape index (κ1) is 14.7. The van der Waals surface area contributed by atoms with E-state index in [0.717, 1.165) is 0 Å². The van der Waals surface area contributed by atoms with E-state index in [2.05, 4.69) is 0 Å². The Labute approximate surface area is 118 Å². The molecule has 108 valence electrons. The lowest BCUT2D eigenvalue weighted by molar-refractivity contribution is 0.0607. The highest BCUT2D eigenvalue weighted by Gasteiger charge is 2.32. The van der Waals surface area contributed by atoms with Gasteiger partial charge in [0, 0.05) is 29.8 Å². The second kappa shape index (κ2) is 5.73. The van der Waals surface area contributed by atoms with E-state index in [1.165, 1.54) is 6.92 Å². The number of benzene rings is 1. The van der Waals surface area contributed by atoms with Gasteiger partial charge in [0.1, 0.15) is 0 Å². The molecule has 0 aliphatic carbocycles. The van der Waals surface area contributed by atoms with Crippen molar-refractivity contribution in [3.63, 3.8) is 0 Å². The molecule has 20 heavy (non-hydrogen) atoms. The van der Waals surface area contributed by atoms with Gasteiger partial charge in [-0.3, -0.25) is 9.59 Å². The average molecular weight is 276 g/mol. The van der Waals surface area contributed by atoms with Crippen LogP contribution in [0, 0.1) is 0 Å². The predicted molar refractivity (Wildman–Crippen MR) is 75.6 cm³/mol. The monoisotopic (exact) mass is 276 g/mol. The van der Waals surface area contributed by atoms with E-state index in [4.69, 9.17) is 5.73 Å². The summed E-state index contributed by atoms with van der Waals surface area (Å²) in [7, 11) is 0. The van der Waals surface area contributed by atoms with Crippen LogP contribution in [-0.2, 0) is 0 Å². The number of carbonyl (C=O) groups is 2. The number of carbonyl (C=O) groups excluding carboxylic acids is 2. The van der Waals surface area contributed by atoms with Crippen LogP contribution >= 0.6 is 0 Å². The minimum absolute atomic E-state index is 0.0159. The zero-order valence-electron chi connectivity index (χ0n) is 11.6. The number of aliphatic hydroxyl groups excluding tert-OH is 1. The van der Waals surface area contributed by atoms with Crippen LogP contribution in [0.15, 0.2) is 24.3 Å². The first-order valence-electron chi connectivity index (χ1n) is 6.75. The molecule has 1 heterocycles. The van der Waals surface area contributed by atoms with Crippen LogP contribution in [0.25, 0.3) is 0 Å². The number of rotatable bonds is 3. The van der Waals surface area contributed by atoms with Crippen molar-refractivity contribution in [3.05, 3.63) is 35.4 Å². The number of piperidine rings is 1. The third-order valence-corrected chi connectivity index (χ3v) is 3.90. The summed E-state index contributed by atoms with van der Waals surface area (Å²) in [6.07, 6.45) is 1.20. The molecule has 0 aromatic heterocycles. The minimum atomic E-state index is -0.560. The van der Waals surface area contributed by atoms with Crippen LogP contribution < -0.4 is 5.73 Å². The summed E-state index contributed by atoms with van der Waals surface area (Å²) in [4.78, 5) is 25.3. The number of nitrogens with zero attached hydrogens (tertiary/aromatic N) is 1. The van der Waals surface area contributed by atoms with Crippen molar-refractivity contribution in [2.45, 2.75) is 25.3 Å². The number of hydrogen-bond donors (Lipinski definition) is 2. The van der Waals surface area contributed by atoms with Gasteiger partial charge in [0.2, 0.25) is 0 Å². The van der Waals surface area contributed by atoms with Gasteiger partial charge in [-0.25, -0.2) is 0 Å². The quantitative estimate of drug-likeness (QED) is 0.800. The van der Waals surface area contributed by atoms with E-state index in [1.54, 1.807) is 29.2 Å². The summed E-state index contributed by atoms with van der Waals surface area (Å²) in [5, 5.41) is 9.21. The highest BCUT2D eigenvalue weighted by Crippen LogP contribution is 2.20. The fraction of sp³-hybridized carbons (Fsp3) is 0.467. The number of amides is 1. The third kappa shape index (κ3) is 3.05. The molecule has 0 radical (unpaired) electrons. The maximum absolute atomic E-state index is 12.3. The molecule has 1 amide bonds. The van der Waals surface area contributed by atoms with Crippen LogP contribution in [0.3, 0.4) is 0 Å². The van der Waals surface area contributed by atoms with Crippen LogP contribution in [0.4, 0.5) is 0 Å². The normalized spacial score (nSPS) is 17.9. The van der Waals surface area contributed by atoms with Crippen LogP contribution in [0.1, 0.15) is 40.5 Å². The van der Waals surface area contributed by atoms with Gasteiger partial charge >= 0.3 is 0 Å². The molecule has 1 aromatic rings. The Hall–Kier alpha value is -1.72. The smallest absolute Gasteiger partial charge is 0.253 e. The Morgan fingerprint density at radius 2 is 1.70 bits per heavy atom. The van der Waals surface area contributed by atoms with Crippen LogP contribution in [0.5, 0.6) is 0 Å². The number of aliphatic hydroxyl groups is 1. The van der Waals surface area contributed by atoms with Crippen LogP contribution in [-0.4, -0.2) is 46.9 Å². The van der Waals surface area contributed by atoms with Crippen molar-refractivity contribution >= 4 is 11.7 Å². The Morgan fingerprint density at radius 3 is 2.15 bits per heavy atom. The lowest BCUT2D eigenvalue weighted by Crippen LogP contribution is -2.53. The predicted octanol–water partition coefficient (Wildman–Crippen LogP) is 0.815. The molecule has 3 N–H and O–H groups in total. The Kier molecular flexibility index (Phi) is 4.20. The molecular weight excluding hydrogens is 256 g/mol. The van der Waals surface area contributed by atoms with E-state index >= 15 is 0 Å². The van der Waals surface area contributed by atoms with Crippen molar-refractivity contribution in [2.24, 2.45) is 5.73 Å². The summed E-state index contributed by atoms with van der Waals surface area (Å²) in [5.74, 6) is -0.0714. The number of nitrogens with two attached hydrogens (primary N) is 1. The molecule has 0 unspecified atom stereocenters. The number of ketones is 1. The summed E-state index contributed by atoms with van der Waals surface area (Å²) < 4.78 is 0. The molecule has 5 heteroatoms. The third-order valence-electron chi connectivity index (χ3n) is 3.90. The molecule has 0 saturated carbocycles. The van der Waals surface area contributed by atoms with Crippen molar-refractivity contribution in [2.75, 3.05) is 19.7 Å². The zero-order valence-corrected chi connectivity index (χ0v) is 11.6. The number of Topliss-reactive ketones (excluding diaryl/α,β-unsaturated/α-hetero) is 1. The fourth-order valence-corrected chi connectivity index (χ4v) is 2.34. The fourth-order valence-electron chi connectivity index (χ4n) is 2.34. The first-order valence-corrected chi connectivity index (χ1v) is 6.75. The Bertz CT molecular complexity index is 502. The minimum Gasteiger partial charge on any atom is -0.394 e. The van der Waals surface area contributed by atoms with E-state index < -0.39 is 5.54 Å². The largest absolute Gasteiger partial charge is 0.394 e. The molecule has 0 spiro atoms. The van der Waals surface area contributed by atoms with Crippen molar-refractivity contribution in [3.8, 4) is 0 Å². The standard InChI is InChI=1S/C15H20N2O3/c1-11(19)12-2-4-13(5-3-12)14(20)17-8-6-15(16,10-18)7-9-17/h2-5,18H,6-10,16H2,1H3. The number of hydrogen-bond acceptors (Lipinski definition) is 4. The second-order valence-corrected chi connectivity index (χ2v) is 5.45. The van der Waals surface area contributed by atoms with E-state index in [0.29, 0.717) is 37.1 Å². The lowest BCUT2D eigenvalue weighted by Gasteiger charge is -2.38. The molecule has 1 fully saturated rings. The molecule has 0 bridgehead atoms. The molecular formula is C15H20N2O3. The average Bonchev–Trinajstić information content (AvgIpc) is 2.47. The second-order valence-electron chi connectivity index (χ2n) is 5.45. The van der Waals surface area contributed by atoms with Gasteiger partial charge in [-0.05, 0) is 31.9 Å². The summed E-state index contributed by atoms with van der Waals surface area (Å²) >= 11 is 0. The molecule has 1 aliphatic rings. The lowest BCUT2D eigenvalue weighted by atomic mass is 9.89. The summed E-state index contributed by atoms with van der Waals surface area (Å²) in [6.45, 7) is 2.54. The van der Waals surface area contributed by atoms with Crippen molar-refractivity contribution < 1.29 is 14.7 Å². The highest BCUT2D eigenvalue weighted by molar-refractivity contribution is 5.97. The molecule has 2 rings (SSSR count). The van der Waals surface area contributed by atoms with Crippen molar-refractivity contribution in [1.82, 2.24) is 4.90 Å². The maximum atomic E-state index is 12.3. The van der Waals surface area contributed by atoms with E-state index in [9.17, 15) is 14.7 Å². The van der Waals surface area contributed by atoms with Gasteiger partial charge in [0.15, 0.2) is 5.78 Å². The summed E-state index contributed by atoms with van der Waals surface area (Å²) in [6, 6.07) is 6.69. The molecule has 0 atom stereocenters. The van der Waals surface area contributed by atoms with Gasteiger partial charge in [-0.1, -0.05) is 12.1 Å².